The van der Waals surface area contributed by atoms with Gasteiger partial charge in [0.2, 0.25) is 17.7 Å². The standard InChI is InChI=1S/C23H19FN4O5/c1-11-15(4-2-5-16(11)28(32)33)27-20(29)18-17-6-3-9-26(17)23(19(18)21(27)30)13-10-12(24)7-8-14(13)25-22(23)31/h2,4-5,7-8,10,17-19H,3,6,9H2,1H3,(H,25,31). The zero-order valence-electron chi connectivity index (χ0n) is 17.6. The lowest BCUT2D eigenvalue weighted by Gasteiger charge is -2.36. The molecule has 4 heterocycles. The smallest absolute Gasteiger partial charge is 0.274 e. The van der Waals surface area contributed by atoms with Gasteiger partial charge in [0, 0.05) is 23.4 Å². The summed E-state index contributed by atoms with van der Waals surface area (Å²) in [5.74, 6) is -3.88. The number of benzene rings is 2. The van der Waals surface area contributed by atoms with Crippen LogP contribution in [0.5, 0.6) is 0 Å². The second-order valence-electron chi connectivity index (χ2n) is 9.01. The molecule has 2 aromatic rings. The topological polar surface area (TPSA) is 113 Å². The average molecular weight is 450 g/mol. The first-order valence-corrected chi connectivity index (χ1v) is 10.8. The third-order valence-corrected chi connectivity index (χ3v) is 7.67. The first-order chi connectivity index (χ1) is 15.8. The molecule has 0 saturated carbocycles. The van der Waals surface area contributed by atoms with Crippen molar-refractivity contribution in [3.05, 3.63) is 63.5 Å². The van der Waals surface area contributed by atoms with Crippen LogP contribution in [0.4, 0.5) is 21.5 Å². The van der Waals surface area contributed by atoms with Crippen molar-refractivity contribution < 1.29 is 23.7 Å². The molecule has 1 spiro atoms. The maximum Gasteiger partial charge on any atom is 0.274 e. The highest BCUT2D eigenvalue weighted by Gasteiger charge is 2.74. The summed E-state index contributed by atoms with van der Waals surface area (Å²) in [4.78, 5) is 54.9. The number of anilines is 2. The lowest BCUT2D eigenvalue weighted by atomic mass is 9.75. The molecule has 4 unspecified atom stereocenters. The molecule has 2 aromatic carbocycles. The van der Waals surface area contributed by atoms with Gasteiger partial charge in [0.1, 0.15) is 11.4 Å². The molecule has 3 amide bonds. The van der Waals surface area contributed by atoms with Crippen LogP contribution in [0.3, 0.4) is 0 Å². The van der Waals surface area contributed by atoms with Crippen LogP contribution in [0.15, 0.2) is 36.4 Å². The van der Waals surface area contributed by atoms with Crippen molar-refractivity contribution in [1.82, 2.24) is 4.90 Å². The van der Waals surface area contributed by atoms with Gasteiger partial charge in [0.05, 0.1) is 28.0 Å². The van der Waals surface area contributed by atoms with E-state index in [1.165, 1.54) is 43.3 Å². The van der Waals surface area contributed by atoms with Crippen molar-refractivity contribution in [2.24, 2.45) is 11.8 Å². The van der Waals surface area contributed by atoms with E-state index in [1.54, 1.807) is 0 Å². The van der Waals surface area contributed by atoms with Gasteiger partial charge in [0.25, 0.3) is 5.69 Å². The molecule has 4 aliphatic rings. The zero-order chi connectivity index (χ0) is 23.2. The van der Waals surface area contributed by atoms with E-state index in [0.717, 1.165) is 11.3 Å². The highest BCUT2D eigenvalue weighted by molar-refractivity contribution is 6.26. The molecule has 10 heteroatoms. The summed E-state index contributed by atoms with van der Waals surface area (Å²) >= 11 is 0. The number of carbonyl (C=O) groups is 3. The summed E-state index contributed by atoms with van der Waals surface area (Å²) in [6, 6.07) is 7.88. The van der Waals surface area contributed by atoms with Gasteiger partial charge in [-0.15, -0.1) is 0 Å². The van der Waals surface area contributed by atoms with Crippen molar-refractivity contribution in [3.63, 3.8) is 0 Å². The number of imide groups is 1. The normalized spacial score (nSPS) is 30.1. The molecular weight excluding hydrogens is 431 g/mol. The van der Waals surface area contributed by atoms with Crippen molar-refractivity contribution >= 4 is 34.8 Å². The Hall–Kier alpha value is -3.66. The number of hydrogen-bond donors (Lipinski definition) is 1. The minimum Gasteiger partial charge on any atom is -0.324 e. The minimum atomic E-state index is -1.49. The van der Waals surface area contributed by atoms with E-state index in [2.05, 4.69) is 5.32 Å². The second kappa shape index (κ2) is 6.44. The molecule has 0 bridgehead atoms. The molecule has 0 aliphatic carbocycles. The van der Waals surface area contributed by atoms with Crippen LogP contribution in [-0.4, -0.2) is 40.1 Å². The number of amides is 3. The molecule has 9 nitrogen and oxygen atoms in total. The van der Waals surface area contributed by atoms with E-state index >= 15 is 0 Å². The zero-order valence-corrected chi connectivity index (χ0v) is 17.6. The number of hydrogen-bond acceptors (Lipinski definition) is 6. The molecule has 3 saturated heterocycles. The van der Waals surface area contributed by atoms with E-state index in [1.807, 2.05) is 4.90 Å². The molecular formula is C23H19FN4O5. The molecule has 168 valence electrons. The van der Waals surface area contributed by atoms with Crippen molar-refractivity contribution in [1.29, 1.82) is 0 Å². The van der Waals surface area contributed by atoms with Crippen LogP contribution in [0.1, 0.15) is 24.0 Å². The largest absolute Gasteiger partial charge is 0.324 e. The molecule has 6 rings (SSSR count). The van der Waals surface area contributed by atoms with E-state index in [-0.39, 0.29) is 23.0 Å². The summed E-state index contributed by atoms with van der Waals surface area (Å²) in [5.41, 5.74) is -0.550. The number of carbonyl (C=O) groups excluding carboxylic acids is 3. The minimum absolute atomic E-state index is 0.145. The van der Waals surface area contributed by atoms with E-state index < -0.39 is 45.8 Å². The highest BCUT2D eigenvalue weighted by atomic mass is 19.1. The lowest BCUT2D eigenvalue weighted by molar-refractivity contribution is -0.385. The van der Waals surface area contributed by atoms with Gasteiger partial charge < -0.3 is 5.32 Å². The number of nitro benzene ring substituents is 1. The quantitative estimate of drug-likeness (QED) is 0.427. The predicted molar refractivity (Wildman–Crippen MR) is 114 cm³/mol. The number of halogens is 1. The number of nitrogens with one attached hydrogen (secondary N) is 1. The van der Waals surface area contributed by atoms with Gasteiger partial charge in [-0.3, -0.25) is 29.4 Å². The predicted octanol–water partition coefficient (Wildman–Crippen LogP) is 2.47. The number of fused-ring (bicyclic) bond motifs is 7. The van der Waals surface area contributed by atoms with E-state index in [9.17, 15) is 28.9 Å². The average Bonchev–Trinajstić information content (AvgIpc) is 3.47. The van der Waals surface area contributed by atoms with Crippen LogP contribution >= 0.6 is 0 Å². The Morgan fingerprint density at radius 3 is 2.73 bits per heavy atom. The third-order valence-electron chi connectivity index (χ3n) is 7.67. The summed E-state index contributed by atoms with van der Waals surface area (Å²) < 4.78 is 14.3. The fourth-order valence-electron chi connectivity index (χ4n) is 6.46. The maximum atomic E-state index is 14.3. The molecule has 0 radical (unpaired) electrons. The molecule has 4 aliphatic heterocycles. The Bertz CT molecular complexity index is 1300. The van der Waals surface area contributed by atoms with Gasteiger partial charge in [0.15, 0.2) is 0 Å². The second-order valence-corrected chi connectivity index (χ2v) is 9.01. The van der Waals surface area contributed by atoms with Crippen molar-refractivity contribution in [2.45, 2.75) is 31.3 Å². The molecule has 1 N–H and O–H groups in total. The van der Waals surface area contributed by atoms with Crippen molar-refractivity contribution in [2.75, 3.05) is 16.8 Å². The Labute approximate surface area is 187 Å². The number of nitro groups is 1. The monoisotopic (exact) mass is 450 g/mol. The van der Waals surface area contributed by atoms with Gasteiger partial charge in [-0.1, -0.05) is 6.07 Å². The molecule has 3 fully saturated rings. The summed E-state index contributed by atoms with van der Waals surface area (Å²) in [6.45, 7) is 2.00. The van der Waals surface area contributed by atoms with Gasteiger partial charge >= 0.3 is 0 Å². The first-order valence-electron chi connectivity index (χ1n) is 10.8. The Morgan fingerprint density at radius 2 is 1.97 bits per heavy atom. The van der Waals surface area contributed by atoms with Gasteiger partial charge in [-0.2, -0.15) is 0 Å². The van der Waals surface area contributed by atoms with Gasteiger partial charge in [-0.25, -0.2) is 9.29 Å². The Morgan fingerprint density at radius 1 is 1.18 bits per heavy atom. The number of nitrogens with zero attached hydrogens (tertiary/aromatic N) is 3. The third kappa shape index (κ3) is 2.26. The summed E-state index contributed by atoms with van der Waals surface area (Å²) in [5, 5.41) is 14.2. The van der Waals surface area contributed by atoms with Crippen LogP contribution in [0, 0.1) is 34.7 Å². The number of rotatable bonds is 2. The molecule has 33 heavy (non-hydrogen) atoms. The highest BCUT2D eigenvalue weighted by Crippen LogP contribution is 2.60. The van der Waals surface area contributed by atoms with Gasteiger partial charge in [-0.05, 0) is 50.6 Å². The van der Waals surface area contributed by atoms with Crippen LogP contribution in [-0.2, 0) is 19.9 Å². The van der Waals surface area contributed by atoms with E-state index in [4.69, 9.17) is 0 Å². The Balaban J connectivity index is 1.56. The van der Waals surface area contributed by atoms with Crippen LogP contribution < -0.4 is 10.2 Å². The van der Waals surface area contributed by atoms with Crippen LogP contribution in [0.25, 0.3) is 0 Å². The fourth-order valence-corrected chi connectivity index (χ4v) is 6.46. The SMILES string of the molecule is Cc1c(N2C(=O)C3C4CCCN4C4(C(=O)Nc5ccc(F)cc54)C3C2=O)cccc1[N+](=O)[O-]. The lowest BCUT2D eigenvalue weighted by Crippen LogP contribution is -2.54. The Kier molecular flexibility index (Phi) is 3.90. The van der Waals surface area contributed by atoms with Crippen LogP contribution in [0.2, 0.25) is 0 Å². The summed E-state index contributed by atoms with van der Waals surface area (Å²) in [6.07, 6.45) is 1.37. The van der Waals surface area contributed by atoms with E-state index in [0.29, 0.717) is 24.2 Å². The molecule has 0 aromatic heterocycles. The maximum absolute atomic E-state index is 14.3. The first kappa shape index (κ1) is 20.0. The molecule has 4 atom stereocenters. The fraction of sp³-hybridized carbons (Fsp3) is 0.348. The summed E-state index contributed by atoms with van der Waals surface area (Å²) in [7, 11) is 0. The van der Waals surface area contributed by atoms with Crippen molar-refractivity contribution in [3.8, 4) is 0 Å².